The van der Waals surface area contributed by atoms with Gasteiger partial charge in [0.1, 0.15) is 0 Å². The molecule has 1 aliphatic heterocycles. The monoisotopic (exact) mass is 368 g/mol. The molecule has 1 saturated heterocycles. The Kier molecular flexibility index (Phi) is 6.79. The molecule has 1 amide bonds. The summed E-state index contributed by atoms with van der Waals surface area (Å²) < 4.78 is 5.34. The first-order valence-corrected chi connectivity index (χ1v) is 9.56. The number of amides is 1. The molecular formula is C21H28N4O2. The van der Waals surface area contributed by atoms with Crippen molar-refractivity contribution in [1.29, 1.82) is 0 Å². The summed E-state index contributed by atoms with van der Waals surface area (Å²) in [6.07, 6.45) is 4.30. The van der Waals surface area contributed by atoms with E-state index in [-0.39, 0.29) is 5.91 Å². The average Bonchev–Trinajstić information content (AvgIpc) is 2.70. The van der Waals surface area contributed by atoms with Crippen LogP contribution in [0, 0.1) is 6.92 Å². The van der Waals surface area contributed by atoms with Crippen molar-refractivity contribution in [3.05, 3.63) is 53.3 Å². The van der Waals surface area contributed by atoms with Crippen LogP contribution in [0.15, 0.2) is 36.7 Å². The van der Waals surface area contributed by atoms with E-state index in [1.165, 1.54) is 11.1 Å². The third-order valence-corrected chi connectivity index (χ3v) is 4.83. The number of pyridine rings is 1. The number of benzene rings is 1. The first kappa shape index (κ1) is 19.3. The molecule has 6 nitrogen and oxygen atoms in total. The second-order valence-electron chi connectivity index (χ2n) is 6.76. The van der Waals surface area contributed by atoms with Crippen molar-refractivity contribution >= 4 is 17.3 Å². The number of morpholine rings is 1. The number of carbonyl (C=O) groups excluding carboxylic acids is 1. The number of anilines is 2. The quantitative estimate of drug-likeness (QED) is 0.787. The van der Waals surface area contributed by atoms with Crippen molar-refractivity contribution in [2.45, 2.75) is 20.3 Å². The van der Waals surface area contributed by atoms with E-state index in [4.69, 9.17) is 4.74 Å². The molecule has 2 aromatic rings. The Bertz CT molecular complexity index is 773. The number of hydrogen-bond acceptors (Lipinski definition) is 5. The average molecular weight is 368 g/mol. The summed E-state index contributed by atoms with van der Waals surface area (Å²) in [6.45, 7) is 9.06. The number of carbonyl (C=O) groups is 1. The normalized spacial score (nSPS) is 14.7. The van der Waals surface area contributed by atoms with Crippen LogP contribution in [0.5, 0.6) is 0 Å². The molecule has 0 bridgehead atoms. The Hall–Kier alpha value is -2.44. The molecule has 6 heteroatoms. The van der Waals surface area contributed by atoms with E-state index in [1.54, 1.807) is 12.4 Å². The van der Waals surface area contributed by atoms with Gasteiger partial charge in [-0.25, -0.2) is 0 Å². The molecule has 0 atom stereocenters. The molecule has 0 unspecified atom stereocenters. The highest BCUT2D eigenvalue weighted by Gasteiger charge is 2.12. The Morgan fingerprint density at radius 3 is 2.85 bits per heavy atom. The number of ether oxygens (including phenoxy) is 1. The summed E-state index contributed by atoms with van der Waals surface area (Å²) >= 11 is 0. The Morgan fingerprint density at radius 2 is 2.07 bits per heavy atom. The highest BCUT2D eigenvalue weighted by Crippen LogP contribution is 2.25. The van der Waals surface area contributed by atoms with E-state index < -0.39 is 0 Å². The molecule has 27 heavy (non-hydrogen) atoms. The van der Waals surface area contributed by atoms with Gasteiger partial charge in [-0.2, -0.15) is 0 Å². The molecule has 0 saturated carbocycles. The molecule has 1 aromatic heterocycles. The van der Waals surface area contributed by atoms with Gasteiger partial charge in [-0.15, -0.1) is 0 Å². The van der Waals surface area contributed by atoms with Gasteiger partial charge in [0.05, 0.1) is 30.7 Å². The van der Waals surface area contributed by atoms with E-state index in [1.807, 2.05) is 6.07 Å². The minimum atomic E-state index is -0.0973. The zero-order valence-electron chi connectivity index (χ0n) is 16.1. The van der Waals surface area contributed by atoms with Crippen LogP contribution in [0.3, 0.4) is 0 Å². The predicted octanol–water partition coefficient (Wildman–Crippen LogP) is 2.76. The van der Waals surface area contributed by atoms with Gasteiger partial charge in [-0.1, -0.05) is 25.1 Å². The summed E-state index contributed by atoms with van der Waals surface area (Å²) in [6, 6.07) is 8.11. The molecule has 0 spiro atoms. The highest BCUT2D eigenvalue weighted by atomic mass is 16.5. The number of para-hydroxylation sites is 1. The van der Waals surface area contributed by atoms with E-state index in [0.29, 0.717) is 12.1 Å². The largest absolute Gasteiger partial charge is 0.379 e. The van der Waals surface area contributed by atoms with Gasteiger partial charge in [0.15, 0.2) is 0 Å². The Labute approximate surface area is 160 Å². The van der Waals surface area contributed by atoms with Gasteiger partial charge in [0, 0.05) is 38.1 Å². The smallest absolute Gasteiger partial charge is 0.252 e. The van der Waals surface area contributed by atoms with Gasteiger partial charge in [0.25, 0.3) is 5.91 Å². The maximum absolute atomic E-state index is 12.5. The predicted molar refractivity (Wildman–Crippen MR) is 108 cm³/mol. The molecule has 2 heterocycles. The van der Waals surface area contributed by atoms with Crippen molar-refractivity contribution in [2.24, 2.45) is 0 Å². The second kappa shape index (κ2) is 9.48. The van der Waals surface area contributed by atoms with Gasteiger partial charge >= 0.3 is 0 Å². The number of rotatable bonds is 7. The number of aromatic nitrogens is 1. The minimum Gasteiger partial charge on any atom is -0.379 e. The topological polar surface area (TPSA) is 66.5 Å². The highest BCUT2D eigenvalue weighted by molar-refractivity contribution is 5.94. The van der Waals surface area contributed by atoms with Crippen LogP contribution in [-0.4, -0.2) is 55.2 Å². The minimum absolute atomic E-state index is 0.0973. The molecular weight excluding hydrogens is 340 g/mol. The second-order valence-corrected chi connectivity index (χ2v) is 6.76. The first-order chi connectivity index (χ1) is 13.2. The van der Waals surface area contributed by atoms with Gasteiger partial charge in [-0.05, 0) is 30.5 Å². The Balaban J connectivity index is 1.60. The fourth-order valence-corrected chi connectivity index (χ4v) is 3.23. The summed E-state index contributed by atoms with van der Waals surface area (Å²) in [4.78, 5) is 19.0. The van der Waals surface area contributed by atoms with E-state index >= 15 is 0 Å². The standard InChI is InChI=1S/C21H28N4O2/c1-3-17-6-4-5-16(2)20(17)24-19-13-18(14-22-15-19)21(26)23-7-8-25-9-11-27-12-10-25/h4-6,13-15,24H,3,7-12H2,1-2H3,(H,23,26). The fraction of sp³-hybridized carbons (Fsp3) is 0.429. The SMILES string of the molecule is CCc1cccc(C)c1Nc1cncc(C(=O)NCCN2CCOCC2)c1. The fourth-order valence-electron chi connectivity index (χ4n) is 3.23. The lowest BCUT2D eigenvalue weighted by Gasteiger charge is -2.26. The lowest BCUT2D eigenvalue weighted by molar-refractivity contribution is 0.0383. The van der Waals surface area contributed by atoms with E-state index in [0.717, 1.165) is 50.6 Å². The number of hydrogen-bond donors (Lipinski definition) is 2. The third-order valence-electron chi connectivity index (χ3n) is 4.83. The van der Waals surface area contributed by atoms with Crippen molar-refractivity contribution in [1.82, 2.24) is 15.2 Å². The van der Waals surface area contributed by atoms with Crippen LogP contribution in [-0.2, 0) is 11.2 Å². The summed E-state index contributed by atoms with van der Waals surface area (Å²) in [7, 11) is 0. The summed E-state index contributed by atoms with van der Waals surface area (Å²) in [5, 5.41) is 6.41. The number of aryl methyl sites for hydroxylation is 2. The zero-order valence-corrected chi connectivity index (χ0v) is 16.1. The van der Waals surface area contributed by atoms with E-state index in [2.05, 4.69) is 52.6 Å². The number of nitrogens with zero attached hydrogens (tertiary/aromatic N) is 2. The van der Waals surface area contributed by atoms with Crippen LogP contribution in [0.25, 0.3) is 0 Å². The van der Waals surface area contributed by atoms with Crippen molar-refractivity contribution in [3.8, 4) is 0 Å². The molecule has 1 aliphatic rings. The molecule has 3 rings (SSSR count). The molecule has 144 valence electrons. The molecule has 0 radical (unpaired) electrons. The Morgan fingerprint density at radius 1 is 1.26 bits per heavy atom. The maximum Gasteiger partial charge on any atom is 0.252 e. The van der Waals surface area contributed by atoms with Crippen LogP contribution < -0.4 is 10.6 Å². The van der Waals surface area contributed by atoms with Gasteiger partial charge in [-0.3, -0.25) is 14.7 Å². The summed E-state index contributed by atoms with van der Waals surface area (Å²) in [5.41, 5.74) is 4.89. The third kappa shape index (κ3) is 5.28. The van der Waals surface area contributed by atoms with Crippen molar-refractivity contribution in [3.63, 3.8) is 0 Å². The van der Waals surface area contributed by atoms with Crippen molar-refractivity contribution < 1.29 is 9.53 Å². The lowest BCUT2D eigenvalue weighted by Crippen LogP contribution is -2.41. The van der Waals surface area contributed by atoms with Gasteiger partial charge < -0.3 is 15.4 Å². The lowest BCUT2D eigenvalue weighted by atomic mass is 10.1. The summed E-state index contributed by atoms with van der Waals surface area (Å²) in [5.74, 6) is -0.0973. The zero-order chi connectivity index (χ0) is 19.1. The number of nitrogens with one attached hydrogen (secondary N) is 2. The van der Waals surface area contributed by atoms with Crippen LogP contribution in [0.2, 0.25) is 0 Å². The van der Waals surface area contributed by atoms with Crippen LogP contribution >= 0.6 is 0 Å². The van der Waals surface area contributed by atoms with E-state index in [9.17, 15) is 4.79 Å². The molecule has 2 N–H and O–H groups in total. The van der Waals surface area contributed by atoms with Gasteiger partial charge in [0.2, 0.25) is 0 Å². The van der Waals surface area contributed by atoms with Crippen LogP contribution in [0.4, 0.5) is 11.4 Å². The maximum atomic E-state index is 12.5. The first-order valence-electron chi connectivity index (χ1n) is 9.56. The van der Waals surface area contributed by atoms with Crippen LogP contribution in [0.1, 0.15) is 28.4 Å². The molecule has 0 aliphatic carbocycles. The molecule has 1 aromatic carbocycles. The van der Waals surface area contributed by atoms with Crippen molar-refractivity contribution in [2.75, 3.05) is 44.7 Å². The molecule has 1 fully saturated rings.